The van der Waals surface area contributed by atoms with Gasteiger partial charge in [-0.2, -0.15) is 4.37 Å². The van der Waals surface area contributed by atoms with Gasteiger partial charge in [-0.05, 0) is 61.9 Å². The minimum absolute atomic E-state index is 0.156. The first kappa shape index (κ1) is 26.8. The van der Waals surface area contributed by atoms with Crippen LogP contribution < -0.4 is 14.9 Å². The standard InChI is InChI=1S/C33H30N4O2S/c1-23-9-13-25(14-10-23)21-30(26-7-5-4-6-8-26)35-33-37(28-17-19-29(39-3)20-18-28)31(36-40-33)22-34-32(38)27-15-11-24(2)12-16-27/h4-21H,22H2,1-3H3,(H,34,38)/b30-21-,35-33?. The monoisotopic (exact) mass is 546 g/mol. The Morgan fingerprint density at radius 1 is 0.875 bits per heavy atom. The fraction of sp³-hybridized carbons (Fsp3) is 0.121. The van der Waals surface area contributed by atoms with E-state index in [2.05, 4.69) is 42.6 Å². The second kappa shape index (κ2) is 12.4. The van der Waals surface area contributed by atoms with Crippen LogP contribution in [-0.4, -0.2) is 22.0 Å². The van der Waals surface area contributed by atoms with Gasteiger partial charge in [0.25, 0.3) is 5.91 Å². The highest BCUT2D eigenvalue weighted by atomic mass is 32.1. The largest absolute Gasteiger partial charge is 0.497 e. The molecule has 0 saturated heterocycles. The van der Waals surface area contributed by atoms with Crippen molar-refractivity contribution in [1.82, 2.24) is 14.3 Å². The van der Waals surface area contributed by atoms with Gasteiger partial charge < -0.3 is 10.1 Å². The van der Waals surface area contributed by atoms with Gasteiger partial charge in [0.1, 0.15) is 11.6 Å². The Morgan fingerprint density at radius 2 is 1.52 bits per heavy atom. The molecule has 0 aliphatic heterocycles. The van der Waals surface area contributed by atoms with Gasteiger partial charge in [0.2, 0.25) is 4.80 Å². The highest BCUT2D eigenvalue weighted by Crippen LogP contribution is 2.21. The second-order valence-corrected chi connectivity index (χ2v) is 10.1. The third-order valence-electron chi connectivity index (χ3n) is 6.40. The summed E-state index contributed by atoms with van der Waals surface area (Å²) in [6, 6.07) is 33.7. The normalized spacial score (nSPS) is 11.9. The number of aromatic nitrogens is 2. The van der Waals surface area contributed by atoms with Gasteiger partial charge in [0.05, 0.1) is 19.4 Å². The van der Waals surface area contributed by atoms with Crippen LogP contribution in [0, 0.1) is 13.8 Å². The van der Waals surface area contributed by atoms with Gasteiger partial charge in [0.15, 0.2) is 0 Å². The number of carbonyl (C=O) groups excluding carboxylic acids is 1. The summed E-state index contributed by atoms with van der Waals surface area (Å²) in [7, 11) is 1.64. The zero-order valence-corrected chi connectivity index (χ0v) is 23.5. The predicted octanol–water partition coefficient (Wildman–Crippen LogP) is 6.59. The Bertz CT molecular complexity index is 1680. The molecule has 0 fully saturated rings. The first-order valence-electron chi connectivity index (χ1n) is 13.0. The average Bonchev–Trinajstić information content (AvgIpc) is 3.39. The summed E-state index contributed by atoms with van der Waals surface area (Å²) in [5.41, 5.74) is 6.64. The lowest BCUT2D eigenvalue weighted by molar-refractivity contribution is 0.0949. The molecule has 4 aromatic carbocycles. The van der Waals surface area contributed by atoms with Crippen LogP contribution in [0.2, 0.25) is 0 Å². The smallest absolute Gasteiger partial charge is 0.251 e. The molecule has 1 N–H and O–H groups in total. The molecule has 0 saturated carbocycles. The quantitative estimate of drug-likeness (QED) is 0.223. The van der Waals surface area contributed by atoms with Crippen LogP contribution in [0.25, 0.3) is 17.5 Å². The van der Waals surface area contributed by atoms with Crippen molar-refractivity contribution in [1.29, 1.82) is 0 Å². The van der Waals surface area contributed by atoms with Crippen molar-refractivity contribution in [3.05, 3.63) is 142 Å². The topological polar surface area (TPSA) is 68.5 Å². The molecule has 200 valence electrons. The van der Waals surface area contributed by atoms with Crippen molar-refractivity contribution in [2.24, 2.45) is 4.99 Å². The zero-order valence-electron chi connectivity index (χ0n) is 22.7. The highest BCUT2D eigenvalue weighted by molar-refractivity contribution is 7.02. The highest BCUT2D eigenvalue weighted by Gasteiger charge is 2.14. The van der Waals surface area contributed by atoms with Gasteiger partial charge >= 0.3 is 0 Å². The lowest BCUT2D eigenvalue weighted by Gasteiger charge is -2.10. The maximum absolute atomic E-state index is 12.9. The third kappa shape index (κ3) is 6.45. The van der Waals surface area contributed by atoms with Crippen LogP contribution >= 0.6 is 11.5 Å². The van der Waals surface area contributed by atoms with Crippen LogP contribution in [0.5, 0.6) is 5.75 Å². The van der Waals surface area contributed by atoms with E-state index in [9.17, 15) is 4.79 Å². The summed E-state index contributed by atoms with van der Waals surface area (Å²) >= 11 is 1.29. The van der Waals surface area contributed by atoms with E-state index in [1.165, 1.54) is 17.1 Å². The van der Waals surface area contributed by atoms with Gasteiger partial charge in [-0.1, -0.05) is 77.9 Å². The van der Waals surface area contributed by atoms with E-state index in [1.54, 1.807) is 7.11 Å². The van der Waals surface area contributed by atoms with Gasteiger partial charge in [-0.25, -0.2) is 4.99 Å². The third-order valence-corrected chi connectivity index (χ3v) is 7.14. The Labute approximate surface area is 238 Å². The summed E-state index contributed by atoms with van der Waals surface area (Å²) in [6.45, 7) is 4.31. The number of aryl methyl sites for hydroxylation is 2. The van der Waals surface area contributed by atoms with Gasteiger partial charge in [0, 0.05) is 28.3 Å². The van der Waals surface area contributed by atoms with Crippen LogP contribution in [0.3, 0.4) is 0 Å². The maximum atomic E-state index is 12.9. The lowest BCUT2D eigenvalue weighted by Crippen LogP contribution is -2.26. The number of amides is 1. The molecule has 0 atom stereocenters. The maximum Gasteiger partial charge on any atom is 0.251 e. The summed E-state index contributed by atoms with van der Waals surface area (Å²) in [5.74, 6) is 1.28. The summed E-state index contributed by atoms with van der Waals surface area (Å²) < 4.78 is 12.1. The van der Waals surface area contributed by atoms with Crippen LogP contribution in [0.1, 0.15) is 38.4 Å². The summed E-state index contributed by atoms with van der Waals surface area (Å²) in [6.07, 6.45) is 2.08. The molecule has 5 rings (SSSR count). The van der Waals surface area contributed by atoms with Crippen molar-refractivity contribution >= 4 is 29.2 Å². The van der Waals surface area contributed by atoms with E-state index in [0.717, 1.165) is 33.8 Å². The molecular weight excluding hydrogens is 516 g/mol. The minimum Gasteiger partial charge on any atom is -0.497 e. The van der Waals surface area contributed by atoms with Crippen molar-refractivity contribution in [2.45, 2.75) is 20.4 Å². The molecule has 0 radical (unpaired) electrons. The number of hydrogen-bond donors (Lipinski definition) is 1. The number of methoxy groups -OCH3 is 1. The van der Waals surface area contributed by atoms with Crippen molar-refractivity contribution < 1.29 is 9.53 Å². The molecule has 0 unspecified atom stereocenters. The molecular formula is C33H30N4O2S. The molecule has 1 aromatic heterocycles. The molecule has 7 heteroatoms. The van der Waals surface area contributed by atoms with E-state index < -0.39 is 0 Å². The minimum atomic E-state index is -0.156. The van der Waals surface area contributed by atoms with Gasteiger partial charge in [-0.3, -0.25) is 9.36 Å². The molecule has 0 spiro atoms. The molecule has 40 heavy (non-hydrogen) atoms. The van der Waals surface area contributed by atoms with E-state index in [-0.39, 0.29) is 12.5 Å². The second-order valence-electron chi connectivity index (χ2n) is 9.38. The molecule has 5 aromatic rings. The number of nitrogens with one attached hydrogen (secondary N) is 1. The van der Waals surface area contributed by atoms with Crippen LogP contribution in [0.15, 0.2) is 108 Å². The van der Waals surface area contributed by atoms with Crippen molar-refractivity contribution in [3.63, 3.8) is 0 Å². The number of benzene rings is 4. The van der Waals surface area contributed by atoms with E-state index >= 15 is 0 Å². The Hall–Kier alpha value is -4.75. The molecule has 1 heterocycles. The zero-order chi connectivity index (χ0) is 27.9. The number of nitrogens with zero attached hydrogens (tertiary/aromatic N) is 3. The Morgan fingerprint density at radius 3 is 2.17 bits per heavy atom. The van der Waals surface area contributed by atoms with E-state index in [1.807, 2.05) is 90.4 Å². The van der Waals surface area contributed by atoms with Gasteiger partial charge in [-0.15, -0.1) is 0 Å². The first-order valence-corrected chi connectivity index (χ1v) is 13.7. The lowest BCUT2D eigenvalue weighted by atomic mass is 10.1. The first-order chi connectivity index (χ1) is 19.5. The summed E-state index contributed by atoms with van der Waals surface area (Å²) in [5, 5.41) is 3.01. The molecule has 1 amide bonds. The Balaban J connectivity index is 1.58. The summed E-state index contributed by atoms with van der Waals surface area (Å²) in [4.78, 5) is 18.7. The number of carbonyl (C=O) groups is 1. The number of ether oxygens (including phenoxy) is 1. The molecule has 6 nitrogen and oxygen atoms in total. The van der Waals surface area contributed by atoms with Crippen molar-refractivity contribution in [2.75, 3.05) is 7.11 Å². The van der Waals surface area contributed by atoms with Crippen molar-refractivity contribution in [3.8, 4) is 11.4 Å². The number of rotatable bonds is 8. The van der Waals surface area contributed by atoms with Crippen LogP contribution in [0.4, 0.5) is 0 Å². The molecule has 0 bridgehead atoms. The fourth-order valence-corrected chi connectivity index (χ4v) is 4.90. The SMILES string of the molecule is COc1ccc(-n2c(CNC(=O)c3ccc(C)cc3)nsc2=N/C(=C\c2ccc(C)cc2)c2ccccc2)cc1. The molecule has 0 aliphatic rings. The predicted molar refractivity (Wildman–Crippen MR) is 161 cm³/mol. The van der Waals surface area contributed by atoms with E-state index in [0.29, 0.717) is 16.2 Å². The fourth-order valence-electron chi connectivity index (χ4n) is 4.14. The van der Waals surface area contributed by atoms with Crippen LogP contribution in [-0.2, 0) is 6.54 Å². The number of hydrogen-bond acceptors (Lipinski definition) is 5. The van der Waals surface area contributed by atoms with E-state index in [4.69, 9.17) is 14.1 Å². The molecule has 0 aliphatic carbocycles. The average molecular weight is 547 g/mol. The Kier molecular flexibility index (Phi) is 8.32.